The van der Waals surface area contributed by atoms with Crippen molar-refractivity contribution in [2.24, 2.45) is 0 Å². The van der Waals surface area contributed by atoms with Crippen molar-refractivity contribution in [1.29, 1.82) is 0 Å². The van der Waals surface area contributed by atoms with Crippen LogP contribution < -0.4 is 4.74 Å². The first-order valence-corrected chi connectivity index (χ1v) is 7.28. The number of carbonyl (C=O) groups excluding carboxylic acids is 1. The van der Waals surface area contributed by atoms with Gasteiger partial charge in [0.15, 0.2) is 5.82 Å². The molecule has 1 amide bonds. The average molecular weight is 325 g/mol. The Hall–Kier alpha value is -2.15. The van der Waals surface area contributed by atoms with Crippen molar-refractivity contribution < 1.29 is 14.1 Å². The summed E-state index contributed by atoms with van der Waals surface area (Å²) in [5.74, 6) is 1.07. The average Bonchev–Trinajstić information content (AvgIpc) is 2.96. The van der Waals surface area contributed by atoms with Crippen molar-refractivity contribution in [3.05, 3.63) is 34.6 Å². The minimum absolute atomic E-state index is 0.219. The van der Waals surface area contributed by atoms with Crippen LogP contribution in [0.2, 0.25) is 5.02 Å². The number of pyridine rings is 1. The summed E-state index contributed by atoms with van der Waals surface area (Å²) in [5.41, 5.74) is 0.367. The zero-order valence-corrected chi connectivity index (χ0v) is 13.4. The smallest absolute Gasteiger partial charge is 0.255 e. The summed E-state index contributed by atoms with van der Waals surface area (Å²) in [6.07, 6.45) is 2.11. The molecule has 0 N–H and O–H groups in total. The predicted molar refractivity (Wildman–Crippen MR) is 79.9 cm³/mol. The molecule has 0 aliphatic heterocycles. The minimum Gasteiger partial charge on any atom is -0.477 e. The molecule has 0 aliphatic rings. The second-order valence-electron chi connectivity index (χ2n) is 4.56. The van der Waals surface area contributed by atoms with Gasteiger partial charge in [-0.2, -0.15) is 4.98 Å². The van der Waals surface area contributed by atoms with E-state index in [0.717, 1.165) is 0 Å². The zero-order valence-electron chi connectivity index (χ0n) is 12.7. The van der Waals surface area contributed by atoms with Crippen LogP contribution in [0.4, 0.5) is 0 Å². The molecule has 2 rings (SSSR count). The molecule has 0 unspecified atom stereocenters. The fourth-order valence-corrected chi connectivity index (χ4v) is 2.00. The van der Waals surface area contributed by atoms with Gasteiger partial charge in [-0.05, 0) is 13.0 Å². The summed E-state index contributed by atoms with van der Waals surface area (Å²) in [5, 5.41) is 4.09. The maximum absolute atomic E-state index is 12.3. The van der Waals surface area contributed by atoms with Gasteiger partial charge in [0.25, 0.3) is 5.91 Å². The number of aryl methyl sites for hydroxylation is 1. The van der Waals surface area contributed by atoms with E-state index in [1.165, 1.54) is 17.2 Å². The number of hydrogen-bond acceptors (Lipinski definition) is 6. The van der Waals surface area contributed by atoms with Gasteiger partial charge in [0.05, 0.1) is 18.7 Å². The molecule has 0 atom stereocenters. The van der Waals surface area contributed by atoms with Crippen molar-refractivity contribution in [3.63, 3.8) is 0 Å². The lowest BCUT2D eigenvalue weighted by molar-refractivity contribution is 0.0769. The molecule has 22 heavy (non-hydrogen) atoms. The molecule has 118 valence electrons. The Morgan fingerprint density at radius 2 is 2.23 bits per heavy atom. The highest BCUT2D eigenvalue weighted by Gasteiger charge is 2.17. The summed E-state index contributed by atoms with van der Waals surface area (Å²) in [6, 6.07) is 1.53. The molecule has 8 heteroatoms. The molecule has 0 saturated carbocycles. The van der Waals surface area contributed by atoms with Crippen molar-refractivity contribution >= 4 is 17.5 Å². The van der Waals surface area contributed by atoms with Crippen LogP contribution in [-0.2, 0) is 13.0 Å². The number of ether oxygens (including phenoxy) is 1. The van der Waals surface area contributed by atoms with Gasteiger partial charge in [-0.3, -0.25) is 4.79 Å². The predicted octanol–water partition coefficient (Wildman–Crippen LogP) is 2.35. The number of hydrogen-bond donors (Lipinski definition) is 0. The van der Waals surface area contributed by atoms with Crippen molar-refractivity contribution in [2.45, 2.75) is 26.8 Å². The van der Waals surface area contributed by atoms with E-state index >= 15 is 0 Å². The number of amides is 1. The number of nitrogens with zero attached hydrogens (tertiary/aromatic N) is 4. The summed E-state index contributed by atoms with van der Waals surface area (Å²) in [7, 11) is 1.64. The highest BCUT2D eigenvalue weighted by atomic mass is 35.5. The second-order valence-corrected chi connectivity index (χ2v) is 4.97. The topological polar surface area (TPSA) is 81.4 Å². The molecule has 0 bridgehead atoms. The summed E-state index contributed by atoms with van der Waals surface area (Å²) < 4.78 is 10.3. The Bertz CT molecular complexity index is 659. The van der Waals surface area contributed by atoms with Crippen LogP contribution in [-0.4, -0.2) is 39.6 Å². The van der Waals surface area contributed by atoms with E-state index in [4.69, 9.17) is 20.9 Å². The van der Waals surface area contributed by atoms with E-state index in [0.29, 0.717) is 41.2 Å². The summed E-state index contributed by atoms with van der Waals surface area (Å²) in [6.45, 7) is 4.43. The molecule has 0 saturated heterocycles. The Labute approximate surface area is 133 Å². The lowest BCUT2D eigenvalue weighted by Crippen LogP contribution is -2.26. The van der Waals surface area contributed by atoms with Gasteiger partial charge in [-0.25, -0.2) is 4.98 Å². The van der Waals surface area contributed by atoms with Gasteiger partial charge in [-0.1, -0.05) is 23.7 Å². The third kappa shape index (κ3) is 3.73. The third-order valence-corrected chi connectivity index (χ3v) is 3.15. The molecule has 0 spiro atoms. The Balaban J connectivity index is 2.08. The molecule has 2 aromatic heterocycles. The number of rotatable bonds is 6. The Morgan fingerprint density at radius 1 is 1.45 bits per heavy atom. The van der Waals surface area contributed by atoms with Crippen molar-refractivity contribution in [1.82, 2.24) is 20.0 Å². The molecule has 0 aromatic carbocycles. The maximum atomic E-state index is 12.3. The fourth-order valence-electron chi connectivity index (χ4n) is 1.78. The fraction of sp³-hybridized carbons (Fsp3) is 0.429. The van der Waals surface area contributed by atoms with Crippen LogP contribution in [0.25, 0.3) is 0 Å². The monoisotopic (exact) mass is 324 g/mol. The van der Waals surface area contributed by atoms with E-state index in [-0.39, 0.29) is 12.5 Å². The van der Waals surface area contributed by atoms with Crippen LogP contribution in [0.3, 0.4) is 0 Å². The highest BCUT2D eigenvalue weighted by Crippen LogP contribution is 2.23. The Kier molecular flexibility index (Phi) is 5.32. The van der Waals surface area contributed by atoms with E-state index in [2.05, 4.69) is 15.1 Å². The van der Waals surface area contributed by atoms with Gasteiger partial charge in [0.2, 0.25) is 11.8 Å². The minimum atomic E-state index is -0.242. The van der Waals surface area contributed by atoms with Crippen LogP contribution in [0.1, 0.15) is 35.9 Å². The lowest BCUT2D eigenvalue weighted by atomic mass is 10.2. The van der Waals surface area contributed by atoms with E-state index in [1.54, 1.807) is 7.05 Å². The molecular formula is C14H17ClN4O3. The van der Waals surface area contributed by atoms with Crippen LogP contribution >= 0.6 is 11.6 Å². The maximum Gasteiger partial charge on any atom is 0.255 e. The SMILES string of the molecule is CCOc1ncc(C(=O)N(C)Cc2nc(CC)no2)cc1Cl. The Morgan fingerprint density at radius 3 is 2.82 bits per heavy atom. The quantitative estimate of drug-likeness (QED) is 0.811. The molecule has 0 radical (unpaired) electrons. The van der Waals surface area contributed by atoms with Crippen LogP contribution in [0, 0.1) is 0 Å². The van der Waals surface area contributed by atoms with Crippen molar-refractivity contribution in [2.75, 3.05) is 13.7 Å². The van der Waals surface area contributed by atoms with Crippen LogP contribution in [0.15, 0.2) is 16.8 Å². The largest absolute Gasteiger partial charge is 0.477 e. The second kappa shape index (κ2) is 7.22. The zero-order chi connectivity index (χ0) is 16.1. The standard InChI is InChI=1S/C14H17ClN4O3/c1-4-11-17-12(22-18-11)8-19(3)14(20)9-6-10(15)13(16-7-9)21-5-2/h6-7H,4-5,8H2,1-3H3. The van der Waals surface area contributed by atoms with Crippen LogP contribution in [0.5, 0.6) is 5.88 Å². The van der Waals surface area contributed by atoms with E-state index in [1.807, 2.05) is 13.8 Å². The highest BCUT2D eigenvalue weighted by molar-refractivity contribution is 6.32. The van der Waals surface area contributed by atoms with Gasteiger partial charge in [0.1, 0.15) is 5.02 Å². The third-order valence-electron chi connectivity index (χ3n) is 2.88. The normalized spacial score (nSPS) is 10.5. The number of aromatic nitrogens is 3. The molecule has 7 nitrogen and oxygen atoms in total. The molecule has 2 heterocycles. The van der Waals surface area contributed by atoms with Gasteiger partial charge in [0, 0.05) is 19.7 Å². The summed E-state index contributed by atoms with van der Waals surface area (Å²) >= 11 is 6.04. The first-order valence-electron chi connectivity index (χ1n) is 6.90. The first-order chi connectivity index (χ1) is 10.5. The van der Waals surface area contributed by atoms with Gasteiger partial charge in [-0.15, -0.1) is 0 Å². The first kappa shape index (κ1) is 16.2. The lowest BCUT2D eigenvalue weighted by Gasteiger charge is -2.15. The number of halogens is 1. The van der Waals surface area contributed by atoms with Gasteiger partial charge >= 0.3 is 0 Å². The molecule has 2 aromatic rings. The van der Waals surface area contributed by atoms with E-state index in [9.17, 15) is 4.79 Å². The molecular weight excluding hydrogens is 308 g/mol. The molecule has 0 aliphatic carbocycles. The van der Waals surface area contributed by atoms with Gasteiger partial charge < -0.3 is 14.2 Å². The summed E-state index contributed by atoms with van der Waals surface area (Å²) in [4.78, 5) is 22.0. The number of carbonyl (C=O) groups is 1. The van der Waals surface area contributed by atoms with E-state index < -0.39 is 0 Å². The molecule has 0 fully saturated rings. The van der Waals surface area contributed by atoms with Crippen molar-refractivity contribution in [3.8, 4) is 5.88 Å².